The molecule has 3 atom stereocenters. The number of nitrogens with one attached hydrogen (secondary N) is 1. The minimum Gasteiger partial charge on any atom is -0.349 e. The fourth-order valence-electron chi connectivity index (χ4n) is 3.02. The van der Waals surface area contributed by atoms with E-state index in [1.165, 1.54) is 0 Å². The van der Waals surface area contributed by atoms with E-state index >= 15 is 0 Å². The quantitative estimate of drug-likeness (QED) is 0.743. The highest BCUT2D eigenvalue weighted by molar-refractivity contribution is 5.65. The third-order valence-corrected chi connectivity index (χ3v) is 3.91. The Morgan fingerprint density at radius 1 is 1.19 bits per heavy atom. The van der Waals surface area contributed by atoms with Gasteiger partial charge in [0, 0.05) is 12.8 Å². The molecule has 3 nitrogen and oxygen atoms in total. The van der Waals surface area contributed by atoms with Gasteiger partial charge in [0.25, 0.3) is 0 Å². The molecule has 2 rings (SSSR count). The van der Waals surface area contributed by atoms with E-state index < -0.39 is 12.0 Å². The predicted molar refractivity (Wildman–Crippen MR) is 52.9 cm³/mol. The highest BCUT2D eigenvalue weighted by Gasteiger charge is 2.56. The maximum atomic E-state index is 13.1. The first-order chi connectivity index (χ1) is 7.59. The largest absolute Gasteiger partial charge is 0.349 e. The van der Waals surface area contributed by atoms with Crippen molar-refractivity contribution in [3.8, 4) is 0 Å². The topological polar surface area (TPSA) is 46.2 Å². The number of carbonyl (C=O) groups excluding carboxylic acids is 2. The van der Waals surface area contributed by atoms with Gasteiger partial charge in [0.2, 0.25) is 12.3 Å². The van der Waals surface area contributed by atoms with Gasteiger partial charge in [-0.2, -0.15) is 0 Å². The number of halogens is 2. The smallest absolute Gasteiger partial charge is 0.248 e. The van der Waals surface area contributed by atoms with Crippen LogP contribution in [0, 0.1) is 17.8 Å². The van der Waals surface area contributed by atoms with Gasteiger partial charge >= 0.3 is 0 Å². The minimum absolute atomic E-state index is 0.0822. The Balaban J connectivity index is 1.94. The number of rotatable bonds is 4. The molecular weight excluding hydrogens is 216 g/mol. The van der Waals surface area contributed by atoms with Crippen molar-refractivity contribution < 1.29 is 18.4 Å². The average molecular weight is 231 g/mol. The van der Waals surface area contributed by atoms with Gasteiger partial charge in [-0.15, -0.1) is 0 Å². The lowest BCUT2D eigenvalue weighted by Crippen LogP contribution is -2.33. The van der Waals surface area contributed by atoms with Gasteiger partial charge < -0.3 is 10.1 Å². The van der Waals surface area contributed by atoms with E-state index in [9.17, 15) is 18.4 Å². The highest BCUT2D eigenvalue weighted by atomic mass is 19.3. The molecule has 0 aromatic rings. The van der Waals surface area contributed by atoms with Gasteiger partial charge in [-0.05, 0) is 30.6 Å². The Hall–Kier alpha value is -1.00. The summed E-state index contributed by atoms with van der Waals surface area (Å²) in [4.78, 5) is 21.1. The average Bonchev–Trinajstić information content (AvgIpc) is 2.95. The second-order valence-corrected chi connectivity index (χ2v) is 4.78. The van der Waals surface area contributed by atoms with E-state index in [-0.39, 0.29) is 30.6 Å². The van der Waals surface area contributed by atoms with Gasteiger partial charge in [0.15, 0.2) is 0 Å². The fraction of sp³-hybridized carbons (Fsp3) is 0.818. The third kappa shape index (κ3) is 2.08. The zero-order valence-corrected chi connectivity index (χ0v) is 8.86. The number of hydrogen-bond acceptors (Lipinski definition) is 2. The lowest BCUT2D eigenvalue weighted by molar-refractivity contribution is -0.116. The summed E-state index contributed by atoms with van der Waals surface area (Å²) < 4.78 is 26.2. The molecule has 2 fully saturated rings. The van der Waals surface area contributed by atoms with Crippen LogP contribution in [0.5, 0.6) is 0 Å². The minimum atomic E-state index is -2.53. The summed E-state index contributed by atoms with van der Waals surface area (Å²) in [5.74, 6) is -2.07. The van der Waals surface area contributed by atoms with Crippen molar-refractivity contribution in [3.63, 3.8) is 0 Å². The van der Waals surface area contributed by atoms with E-state index in [1.54, 1.807) is 0 Å². The van der Waals surface area contributed by atoms with Crippen molar-refractivity contribution in [1.29, 1.82) is 0 Å². The van der Waals surface area contributed by atoms with Crippen LogP contribution in [0.3, 0.4) is 0 Å². The van der Waals surface area contributed by atoms with Crippen molar-refractivity contribution in [2.24, 2.45) is 17.8 Å². The van der Waals surface area contributed by atoms with Gasteiger partial charge in [0.05, 0.1) is 6.04 Å². The van der Waals surface area contributed by atoms with E-state index in [0.717, 1.165) is 0 Å². The molecule has 0 radical (unpaired) electrons. The Morgan fingerprint density at radius 3 is 2.19 bits per heavy atom. The molecule has 2 aliphatic carbocycles. The van der Waals surface area contributed by atoms with Crippen LogP contribution >= 0.6 is 0 Å². The van der Waals surface area contributed by atoms with Crippen molar-refractivity contribution in [1.82, 2.24) is 5.32 Å². The number of fused-ring (bicyclic) bond motifs is 1. The Kier molecular flexibility index (Phi) is 2.95. The molecule has 1 amide bonds. The molecule has 0 saturated heterocycles. The lowest BCUT2D eigenvalue weighted by atomic mass is 10.0. The normalized spacial score (nSPS) is 37.8. The number of hydrogen-bond donors (Lipinski definition) is 1. The summed E-state index contributed by atoms with van der Waals surface area (Å²) >= 11 is 0. The fourth-order valence-corrected chi connectivity index (χ4v) is 3.02. The van der Waals surface area contributed by atoms with Crippen LogP contribution in [-0.2, 0) is 9.59 Å². The molecule has 1 N–H and O–H groups in total. The van der Waals surface area contributed by atoms with E-state index in [4.69, 9.17) is 0 Å². The molecule has 5 heteroatoms. The van der Waals surface area contributed by atoms with Crippen molar-refractivity contribution in [2.45, 2.75) is 37.6 Å². The Morgan fingerprint density at radius 2 is 1.75 bits per heavy atom. The molecule has 0 bridgehead atoms. The van der Waals surface area contributed by atoms with Crippen molar-refractivity contribution in [2.75, 3.05) is 0 Å². The molecule has 90 valence electrons. The summed E-state index contributed by atoms with van der Waals surface area (Å²) in [6.07, 6.45) is 1.98. The van der Waals surface area contributed by atoms with Crippen molar-refractivity contribution >= 4 is 12.7 Å². The van der Waals surface area contributed by atoms with Crippen LogP contribution in [-0.4, -0.2) is 24.7 Å². The second-order valence-electron chi connectivity index (χ2n) is 4.78. The summed E-state index contributed by atoms with van der Waals surface area (Å²) in [5, 5.41) is 2.46. The van der Waals surface area contributed by atoms with E-state index in [1.807, 2.05) is 0 Å². The third-order valence-electron chi connectivity index (χ3n) is 3.91. The molecule has 0 aliphatic heterocycles. The van der Waals surface area contributed by atoms with Gasteiger partial charge in [0.1, 0.15) is 6.29 Å². The van der Waals surface area contributed by atoms with Gasteiger partial charge in [-0.3, -0.25) is 4.79 Å². The Bertz CT molecular complexity index is 280. The maximum absolute atomic E-state index is 13.1. The number of carbonyl (C=O) groups is 2. The monoisotopic (exact) mass is 231 g/mol. The molecule has 0 aromatic carbocycles. The van der Waals surface area contributed by atoms with Crippen LogP contribution in [0.15, 0.2) is 0 Å². The van der Waals surface area contributed by atoms with Crippen LogP contribution in [0.4, 0.5) is 8.78 Å². The first kappa shape index (κ1) is 11.5. The SMILES string of the molecule is O=CNC(C=O)C1C2CCC(F)(F)CCC21. The summed E-state index contributed by atoms with van der Waals surface area (Å²) in [6.45, 7) is 0. The van der Waals surface area contributed by atoms with Crippen LogP contribution in [0.2, 0.25) is 0 Å². The molecular formula is C11H15F2NO2. The van der Waals surface area contributed by atoms with Gasteiger partial charge in [-0.1, -0.05) is 0 Å². The zero-order chi connectivity index (χ0) is 11.8. The van der Waals surface area contributed by atoms with E-state index in [0.29, 0.717) is 25.5 Å². The Labute approximate surface area is 92.6 Å². The molecule has 0 heterocycles. The molecule has 2 saturated carbocycles. The molecule has 2 aliphatic rings. The van der Waals surface area contributed by atoms with Crippen molar-refractivity contribution in [3.05, 3.63) is 0 Å². The molecule has 0 aromatic heterocycles. The van der Waals surface area contributed by atoms with Crippen LogP contribution in [0.25, 0.3) is 0 Å². The molecule has 16 heavy (non-hydrogen) atoms. The van der Waals surface area contributed by atoms with Crippen LogP contribution < -0.4 is 5.32 Å². The molecule has 3 unspecified atom stereocenters. The number of alkyl halides is 2. The first-order valence-corrected chi connectivity index (χ1v) is 5.62. The van der Waals surface area contributed by atoms with Crippen LogP contribution in [0.1, 0.15) is 25.7 Å². The summed E-state index contributed by atoms with van der Waals surface area (Å²) in [7, 11) is 0. The zero-order valence-electron chi connectivity index (χ0n) is 8.86. The standard InChI is InChI=1S/C11H15F2NO2/c12-11(13)3-1-7-8(2-4-11)10(7)9(5-15)14-6-16/h5-10H,1-4H2,(H,14,16). The second kappa shape index (κ2) is 4.11. The van der Waals surface area contributed by atoms with Gasteiger partial charge in [-0.25, -0.2) is 8.78 Å². The predicted octanol–water partition coefficient (Wildman–Crippen LogP) is 1.37. The summed E-state index contributed by atoms with van der Waals surface area (Å²) in [5.41, 5.74) is 0. The molecule has 0 spiro atoms. The number of aldehydes is 1. The highest BCUT2D eigenvalue weighted by Crippen LogP contribution is 2.57. The first-order valence-electron chi connectivity index (χ1n) is 5.62. The maximum Gasteiger partial charge on any atom is 0.248 e. The number of amides is 1. The summed E-state index contributed by atoms with van der Waals surface area (Å²) in [6, 6.07) is -0.487. The van der Waals surface area contributed by atoms with E-state index in [2.05, 4.69) is 5.32 Å². The lowest BCUT2D eigenvalue weighted by Gasteiger charge is -2.16.